The molecule has 4 nitrogen and oxygen atoms in total. The zero-order valence-electron chi connectivity index (χ0n) is 11.0. The fraction of sp³-hybridized carbons (Fsp3) is 0.333. The highest BCUT2D eigenvalue weighted by molar-refractivity contribution is 5.61. The maximum absolute atomic E-state index is 13.7. The monoisotopic (exact) mass is 270 g/mol. The first kappa shape index (κ1) is 12.7. The van der Waals surface area contributed by atoms with Gasteiger partial charge in [-0.25, -0.2) is 4.39 Å². The lowest BCUT2D eigenvalue weighted by atomic mass is 10.1. The Morgan fingerprint density at radius 3 is 3.05 bits per heavy atom. The number of rotatable bonds is 3. The average Bonchev–Trinajstić information content (AvgIpc) is 3.10. The third-order valence-electron chi connectivity index (χ3n) is 3.75. The number of nitriles is 1. The van der Waals surface area contributed by atoms with Gasteiger partial charge in [0, 0.05) is 25.0 Å². The molecule has 3 rings (SSSR count). The second-order valence-corrected chi connectivity index (χ2v) is 4.96. The molecule has 0 bridgehead atoms. The van der Waals surface area contributed by atoms with E-state index in [1.54, 1.807) is 12.3 Å². The number of hydrogen-bond donors (Lipinski definition) is 0. The van der Waals surface area contributed by atoms with Crippen molar-refractivity contribution in [1.29, 1.82) is 5.26 Å². The summed E-state index contributed by atoms with van der Waals surface area (Å²) in [6, 6.07) is 8.94. The van der Waals surface area contributed by atoms with Gasteiger partial charge in [0.05, 0.1) is 12.2 Å². The maximum Gasteiger partial charge on any atom is 0.143 e. The smallest absolute Gasteiger partial charge is 0.143 e. The molecule has 0 N–H and O–H groups in total. The molecule has 1 aromatic carbocycles. The summed E-state index contributed by atoms with van der Waals surface area (Å²) < 4.78 is 15.6. The van der Waals surface area contributed by atoms with Gasteiger partial charge >= 0.3 is 0 Å². The lowest BCUT2D eigenvalue weighted by Gasteiger charge is -2.27. The molecule has 0 amide bonds. The van der Waals surface area contributed by atoms with Crippen molar-refractivity contribution in [3.63, 3.8) is 0 Å². The molecule has 1 aromatic heterocycles. The number of aromatic nitrogens is 2. The molecule has 0 radical (unpaired) electrons. The molecule has 0 spiro atoms. The first-order chi connectivity index (χ1) is 9.79. The van der Waals surface area contributed by atoms with Gasteiger partial charge in [0.25, 0.3) is 0 Å². The summed E-state index contributed by atoms with van der Waals surface area (Å²) in [6.07, 6.45) is 5.75. The van der Waals surface area contributed by atoms with Crippen LogP contribution in [0.4, 0.5) is 10.1 Å². The van der Waals surface area contributed by atoms with Crippen LogP contribution in [0.3, 0.4) is 0 Å². The molecule has 0 unspecified atom stereocenters. The van der Waals surface area contributed by atoms with E-state index in [1.807, 2.05) is 29.1 Å². The van der Waals surface area contributed by atoms with E-state index in [1.165, 1.54) is 6.07 Å². The Bertz CT molecular complexity index is 630. The van der Waals surface area contributed by atoms with Crippen LogP contribution in [0, 0.1) is 17.1 Å². The summed E-state index contributed by atoms with van der Waals surface area (Å²) in [5.74, 6) is -0.449. The zero-order valence-corrected chi connectivity index (χ0v) is 11.0. The van der Waals surface area contributed by atoms with Crippen molar-refractivity contribution in [2.75, 3.05) is 11.4 Å². The first-order valence-electron chi connectivity index (χ1n) is 6.72. The van der Waals surface area contributed by atoms with Crippen molar-refractivity contribution in [3.05, 3.63) is 48.0 Å². The molecule has 1 saturated heterocycles. The van der Waals surface area contributed by atoms with Crippen LogP contribution in [-0.4, -0.2) is 22.4 Å². The molecule has 2 heterocycles. The average molecular weight is 270 g/mol. The van der Waals surface area contributed by atoms with Crippen molar-refractivity contribution in [1.82, 2.24) is 9.78 Å². The van der Waals surface area contributed by atoms with Crippen LogP contribution in [0.25, 0.3) is 0 Å². The Balaban J connectivity index is 1.89. The highest BCUT2D eigenvalue weighted by atomic mass is 19.1. The minimum Gasteiger partial charge on any atom is -0.366 e. The molecule has 5 heteroatoms. The predicted octanol–water partition coefficient (Wildman–Crippen LogP) is 2.56. The second-order valence-electron chi connectivity index (χ2n) is 4.96. The Hall–Kier alpha value is -2.35. The lowest BCUT2D eigenvalue weighted by molar-refractivity contribution is 0.508. The van der Waals surface area contributed by atoms with E-state index in [0.29, 0.717) is 5.69 Å². The fourth-order valence-electron chi connectivity index (χ4n) is 2.83. The molecule has 1 atom stereocenters. The number of hydrogen-bond acceptors (Lipinski definition) is 3. The third-order valence-corrected chi connectivity index (χ3v) is 3.75. The summed E-state index contributed by atoms with van der Waals surface area (Å²) in [5.41, 5.74) is 0.835. The van der Waals surface area contributed by atoms with E-state index in [2.05, 4.69) is 10.00 Å². The van der Waals surface area contributed by atoms with Crippen LogP contribution in [0.1, 0.15) is 18.4 Å². The van der Waals surface area contributed by atoms with Crippen molar-refractivity contribution in [2.45, 2.75) is 25.4 Å². The SMILES string of the molecule is N#Cc1c(F)cccc1N1CCC[C@H]1Cn1cccn1. The summed E-state index contributed by atoms with van der Waals surface area (Å²) in [6.45, 7) is 1.61. The standard InChI is InChI=1S/C15H15FN4/c16-14-5-1-6-15(13(14)10-17)20-9-2-4-12(20)11-19-8-3-7-18-19/h1,3,5-8,12H,2,4,9,11H2/t12-/m0/s1. The van der Waals surface area contributed by atoms with Gasteiger partial charge < -0.3 is 4.90 Å². The van der Waals surface area contributed by atoms with E-state index in [0.717, 1.165) is 25.9 Å². The fourth-order valence-corrected chi connectivity index (χ4v) is 2.83. The molecular weight excluding hydrogens is 255 g/mol. The molecule has 0 saturated carbocycles. The van der Waals surface area contributed by atoms with Crippen molar-refractivity contribution in [2.24, 2.45) is 0 Å². The zero-order chi connectivity index (χ0) is 13.9. The molecule has 1 aliphatic rings. The predicted molar refractivity (Wildman–Crippen MR) is 73.7 cm³/mol. The molecule has 1 fully saturated rings. The van der Waals surface area contributed by atoms with Crippen LogP contribution in [-0.2, 0) is 6.54 Å². The topological polar surface area (TPSA) is 44.9 Å². The Morgan fingerprint density at radius 2 is 2.30 bits per heavy atom. The quantitative estimate of drug-likeness (QED) is 0.861. The summed E-state index contributed by atoms with van der Waals surface area (Å²) in [5, 5.41) is 13.4. The van der Waals surface area contributed by atoms with E-state index >= 15 is 0 Å². The normalized spacial score (nSPS) is 18.2. The van der Waals surface area contributed by atoms with Gasteiger partial charge in [0.1, 0.15) is 17.4 Å². The highest BCUT2D eigenvalue weighted by Gasteiger charge is 2.27. The number of nitrogens with zero attached hydrogens (tertiary/aromatic N) is 4. The minimum absolute atomic E-state index is 0.139. The summed E-state index contributed by atoms with van der Waals surface area (Å²) >= 11 is 0. The van der Waals surface area contributed by atoms with E-state index in [-0.39, 0.29) is 11.6 Å². The van der Waals surface area contributed by atoms with E-state index < -0.39 is 5.82 Å². The number of halogens is 1. The van der Waals surface area contributed by atoms with Gasteiger partial charge in [0.15, 0.2) is 0 Å². The Labute approximate surface area is 117 Å². The lowest BCUT2D eigenvalue weighted by Crippen LogP contribution is -2.33. The first-order valence-corrected chi connectivity index (χ1v) is 6.72. The second kappa shape index (κ2) is 5.33. The minimum atomic E-state index is -0.449. The molecule has 20 heavy (non-hydrogen) atoms. The largest absolute Gasteiger partial charge is 0.366 e. The third kappa shape index (κ3) is 2.25. The van der Waals surface area contributed by atoms with Gasteiger partial charge in [-0.1, -0.05) is 6.07 Å². The van der Waals surface area contributed by atoms with Crippen LogP contribution < -0.4 is 4.90 Å². The van der Waals surface area contributed by atoms with Crippen LogP contribution in [0.5, 0.6) is 0 Å². The van der Waals surface area contributed by atoms with Gasteiger partial charge in [-0.05, 0) is 31.0 Å². The molecule has 102 valence electrons. The highest BCUT2D eigenvalue weighted by Crippen LogP contribution is 2.30. The molecule has 2 aromatic rings. The summed E-state index contributed by atoms with van der Waals surface area (Å²) in [4.78, 5) is 2.13. The van der Waals surface area contributed by atoms with Gasteiger partial charge in [-0.15, -0.1) is 0 Å². The molecule has 1 aliphatic heterocycles. The van der Waals surface area contributed by atoms with E-state index in [9.17, 15) is 4.39 Å². The van der Waals surface area contributed by atoms with Crippen LogP contribution in [0.2, 0.25) is 0 Å². The summed E-state index contributed by atoms with van der Waals surface area (Å²) in [7, 11) is 0. The van der Waals surface area contributed by atoms with E-state index in [4.69, 9.17) is 5.26 Å². The van der Waals surface area contributed by atoms with Crippen LogP contribution >= 0.6 is 0 Å². The van der Waals surface area contributed by atoms with Crippen molar-refractivity contribution in [3.8, 4) is 6.07 Å². The van der Waals surface area contributed by atoms with Crippen molar-refractivity contribution < 1.29 is 4.39 Å². The van der Waals surface area contributed by atoms with Gasteiger partial charge in [-0.3, -0.25) is 4.68 Å². The maximum atomic E-state index is 13.7. The molecule has 0 aliphatic carbocycles. The van der Waals surface area contributed by atoms with Gasteiger partial charge in [-0.2, -0.15) is 10.4 Å². The Morgan fingerprint density at radius 1 is 1.40 bits per heavy atom. The molecular formula is C15H15FN4. The van der Waals surface area contributed by atoms with Gasteiger partial charge in [0.2, 0.25) is 0 Å². The number of benzene rings is 1. The van der Waals surface area contributed by atoms with Crippen LogP contribution in [0.15, 0.2) is 36.7 Å². The number of anilines is 1. The van der Waals surface area contributed by atoms with Crippen molar-refractivity contribution >= 4 is 5.69 Å². The Kier molecular flexibility index (Phi) is 3.38.